The molecule has 0 aliphatic carbocycles. The molecule has 0 atom stereocenters. The van der Waals surface area contributed by atoms with Crippen LogP contribution in [-0.4, -0.2) is 6.54 Å². The maximum Gasteiger partial charge on any atom is 0.127 e. The Balaban J connectivity index is 1.94. The summed E-state index contributed by atoms with van der Waals surface area (Å²) >= 11 is 0. The van der Waals surface area contributed by atoms with E-state index in [4.69, 9.17) is 11.2 Å². The first-order valence-electron chi connectivity index (χ1n) is 6.34. The third kappa shape index (κ3) is 4.50. The molecule has 96 valence electrons. The van der Waals surface area contributed by atoms with E-state index in [1.807, 2.05) is 48.5 Å². The van der Waals surface area contributed by atoms with Crippen LogP contribution in [0.5, 0.6) is 11.5 Å². The Morgan fingerprint density at radius 1 is 1.00 bits per heavy atom. The van der Waals surface area contributed by atoms with Crippen molar-refractivity contribution in [1.82, 2.24) is 5.32 Å². The van der Waals surface area contributed by atoms with Crippen LogP contribution in [-0.2, 0) is 6.54 Å². The van der Waals surface area contributed by atoms with Crippen LogP contribution in [0.15, 0.2) is 54.6 Å². The molecule has 19 heavy (non-hydrogen) atoms. The van der Waals surface area contributed by atoms with Gasteiger partial charge in [-0.2, -0.15) is 0 Å². The number of ether oxygens (including phenoxy) is 1. The van der Waals surface area contributed by atoms with Crippen molar-refractivity contribution in [1.29, 1.82) is 0 Å². The topological polar surface area (TPSA) is 21.3 Å². The molecule has 2 rings (SSSR count). The average molecular weight is 251 g/mol. The number of rotatable bonds is 6. The first-order valence-corrected chi connectivity index (χ1v) is 6.34. The highest BCUT2D eigenvalue weighted by atomic mass is 16.5. The molecule has 2 aromatic carbocycles. The molecular weight excluding hydrogens is 234 g/mol. The highest BCUT2D eigenvalue weighted by molar-refractivity contribution is 5.33. The second-order valence-corrected chi connectivity index (χ2v) is 4.19. The van der Waals surface area contributed by atoms with Crippen molar-refractivity contribution in [3.63, 3.8) is 0 Å². The Bertz CT molecular complexity index is 543. The monoisotopic (exact) mass is 251 g/mol. The fourth-order valence-electron chi connectivity index (χ4n) is 1.74. The summed E-state index contributed by atoms with van der Waals surface area (Å²) in [6.07, 6.45) is 5.96. The molecule has 0 heterocycles. The van der Waals surface area contributed by atoms with Crippen molar-refractivity contribution < 1.29 is 4.74 Å². The van der Waals surface area contributed by atoms with Crippen LogP contribution in [0.2, 0.25) is 0 Å². The van der Waals surface area contributed by atoms with Crippen molar-refractivity contribution in [2.75, 3.05) is 6.54 Å². The normalized spacial score (nSPS) is 9.84. The lowest BCUT2D eigenvalue weighted by molar-refractivity contribution is 0.481. The first kappa shape index (κ1) is 13.2. The van der Waals surface area contributed by atoms with Gasteiger partial charge in [0.1, 0.15) is 11.5 Å². The molecule has 0 unspecified atom stereocenters. The number of nitrogens with one attached hydrogen (secondary N) is 1. The van der Waals surface area contributed by atoms with Crippen LogP contribution >= 0.6 is 0 Å². The third-order valence-corrected chi connectivity index (χ3v) is 2.65. The lowest BCUT2D eigenvalue weighted by Crippen LogP contribution is -2.13. The molecule has 2 nitrogen and oxygen atoms in total. The summed E-state index contributed by atoms with van der Waals surface area (Å²) in [6.45, 7) is 1.63. The molecule has 0 aliphatic rings. The molecule has 0 spiro atoms. The summed E-state index contributed by atoms with van der Waals surface area (Å²) in [7, 11) is 0. The maximum atomic E-state index is 5.79. The zero-order valence-electron chi connectivity index (χ0n) is 10.8. The van der Waals surface area contributed by atoms with E-state index in [1.54, 1.807) is 0 Å². The summed E-state index contributed by atoms with van der Waals surface area (Å²) in [6, 6.07) is 17.8. The molecule has 1 N–H and O–H groups in total. The van der Waals surface area contributed by atoms with Gasteiger partial charge in [-0.3, -0.25) is 0 Å². The molecule has 0 radical (unpaired) electrons. The molecule has 2 heteroatoms. The fraction of sp³-hybridized carbons (Fsp3) is 0.176. The number of benzene rings is 2. The van der Waals surface area contributed by atoms with E-state index in [0.29, 0.717) is 0 Å². The van der Waals surface area contributed by atoms with Crippen LogP contribution in [0.3, 0.4) is 0 Å². The van der Waals surface area contributed by atoms with Gasteiger partial charge in [-0.1, -0.05) is 30.3 Å². The predicted molar refractivity (Wildman–Crippen MR) is 78.1 cm³/mol. The third-order valence-electron chi connectivity index (χ3n) is 2.65. The summed E-state index contributed by atoms with van der Waals surface area (Å²) in [5.74, 6) is 4.31. The second-order valence-electron chi connectivity index (χ2n) is 4.19. The molecular formula is C17H17NO. The smallest absolute Gasteiger partial charge is 0.127 e. The molecule has 0 bridgehead atoms. The quantitative estimate of drug-likeness (QED) is 0.625. The molecule has 0 fully saturated rings. The minimum atomic E-state index is 0.750. The van der Waals surface area contributed by atoms with Crippen molar-refractivity contribution in [2.24, 2.45) is 0 Å². The molecule has 0 amide bonds. The van der Waals surface area contributed by atoms with Gasteiger partial charge in [0.05, 0.1) is 0 Å². The van der Waals surface area contributed by atoms with E-state index in [-0.39, 0.29) is 0 Å². The molecule has 0 aliphatic heterocycles. The van der Waals surface area contributed by atoms with E-state index in [0.717, 1.165) is 31.0 Å². The van der Waals surface area contributed by atoms with E-state index >= 15 is 0 Å². The van der Waals surface area contributed by atoms with E-state index in [2.05, 4.69) is 17.3 Å². The number of hydrogen-bond donors (Lipinski definition) is 1. The Kier molecular flexibility index (Phi) is 5.04. The van der Waals surface area contributed by atoms with Gasteiger partial charge < -0.3 is 10.1 Å². The minimum absolute atomic E-state index is 0.750. The summed E-state index contributed by atoms with van der Waals surface area (Å²) in [5, 5.41) is 3.30. The van der Waals surface area contributed by atoms with E-state index < -0.39 is 0 Å². The largest absolute Gasteiger partial charge is 0.457 e. The van der Waals surface area contributed by atoms with Crippen LogP contribution in [0.1, 0.15) is 12.0 Å². The van der Waals surface area contributed by atoms with Gasteiger partial charge in [-0.15, -0.1) is 12.3 Å². The van der Waals surface area contributed by atoms with Crippen LogP contribution in [0.4, 0.5) is 0 Å². The van der Waals surface area contributed by atoms with Crippen LogP contribution in [0.25, 0.3) is 0 Å². The molecule has 2 aromatic rings. The molecule has 0 saturated carbocycles. The molecule has 0 aromatic heterocycles. The van der Waals surface area contributed by atoms with Gasteiger partial charge in [0, 0.05) is 19.5 Å². The van der Waals surface area contributed by atoms with Gasteiger partial charge in [0.2, 0.25) is 0 Å². The summed E-state index contributed by atoms with van der Waals surface area (Å²) in [4.78, 5) is 0. The standard InChI is InChI=1S/C17H17NO/c1-2-3-12-18-14-15-8-7-11-17(13-15)19-16-9-5-4-6-10-16/h1,4-11,13,18H,3,12,14H2. The van der Waals surface area contributed by atoms with Crippen molar-refractivity contribution in [2.45, 2.75) is 13.0 Å². The van der Waals surface area contributed by atoms with E-state index in [9.17, 15) is 0 Å². The number of terminal acetylenes is 1. The predicted octanol–water partition coefficient (Wildman–Crippen LogP) is 3.59. The Hall–Kier alpha value is -2.24. The zero-order chi connectivity index (χ0) is 13.3. The minimum Gasteiger partial charge on any atom is -0.457 e. The Morgan fingerprint density at radius 2 is 1.79 bits per heavy atom. The van der Waals surface area contributed by atoms with Crippen LogP contribution in [0, 0.1) is 12.3 Å². The zero-order valence-corrected chi connectivity index (χ0v) is 10.8. The highest BCUT2D eigenvalue weighted by Crippen LogP contribution is 2.21. The SMILES string of the molecule is C#CCCNCc1cccc(Oc2ccccc2)c1. The van der Waals surface area contributed by atoms with Crippen molar-refractivity contribution in [3.8, 4) is 23.8 Å². The number of hydrogen-bond acceptors (Lipinski definition) is 2. The van der Waals surface area contributed by atoms with Crippen LogP contribution < -0.4 is 10.1 Å². The van der Waals surface area contributed by atoms with E-state index in [1.165, 1.54) is 5.56 Å². The number of para-hydroxylation sites is 1. The Morgan fingerprint density at radius 3 is 2.58 bits per heavy atom. The van der Waals surface area contributed by atoms with Crippen molar-refractivity contribution >= 4 is 0 Å². The fourth-order valence-corrected chi connectivity index (χ4v) is 1.74. The second kappa shape index (κ2) is 7.25. The summed E-state index contributed by atoms with van der Waals surface area (Å²) in [5.41, 5.74) is 1.19. The van der Waals surface area contributed by atoms with Crippen molar-refractivity contribution in [3.05, 3.63) is 60.2 Å². The summed E-state index contributed by atoms with van der Waals surface area (Å²) < 4.78 is 5.79. The highest BCUT2D eigenvalue weighted by Gasteiger charge is 1.98. The van der Waals surface area contributed by atoms with Gasteiger partial charge in [-0.05, 0) is 29.8 Å². The van der Waals surface area contributed by atoms with Gasteiger partial charge in [0.15, 0.2) is 0 Å². The average Bonchev–Trinajstić information content (AvgIpc) is 2.45. The van der Waals surface area contributed by atoms with Gasteiger partial charge in [-0.25, -0.2) is 0 Å². The lowest BCUT2D eigenvalue weighted by atomic mass is 10.2. The lowest BCUT2D eigenvalue weighted by Gasteiger charge is -2.08. The van der Waals surface area contributed by atoms with Gasteiger partial charge >= 0.3 is 0 Å². The maximum absolute atomic E-state index is 5.79. The molecule has 0 saturated heterocycles. The van der Waals surface area contributed by atoms with Gasteiger partial charge in [0.25, 0.3) is 0 Å². The Labute approximate surface area is 114 Å². The first-order chi connectivity index (χ1) is 9.38.